The van der Waals surface area contributed by atoms with E-state index in [9.17, 15) is 4.79 Å². The number of carbonyl (C=O) groups excluding carboxylic acids is 1. The first-order chi connectivity index (χ1) is 14.5. The number of hydrogen-bond donors (Lipinski definition) is 0. The topological polar surface area (TPSA) is 45.7 Å². The van der Waals surface area contributed by atoms with Crippen LogP contribution in [-0.2, 0) is 4.74 Å². The quantitative estimate of drug-likeness (QED) is 0.582. The number of amides is 1. The largest absolute Gasteiger partial charge is 0.379 e. The lowest BCUT2D eigenvalue weighted by Crippen LogP contribution is -2.39. The summed E-state index contributed by atoms with van der Waals surface area (Å²) < 4.78 is 6.57. The van der Waals surface area contributed by atoms with Crippen molar-refractivity contribution >= 4 is 32.6 Å². The molecule has 0 saturated carbocycles. The standard InChI is InChI=1S/C24H29N3O2S/c1-17-5-6-21-22(16-17)30-24(25-21)27(8-4-7-26-9-11-29-12-10-26)23(28)20-14-18(2)13-19(3)15-20/h5-6,13-16H,4,7-12H2,1-3H3. The number of morpholine rings is 1. The van der Waals surface area contributed by atoms with E-state index >= 15 is 0 Å². The molecular weight excluding hydrogens is 394 g/mol. The van der Waals surface area contributed by atoms with E-state index in [1.165, 1.54) is 5.56 Å². The second kappa shape index (κ2) is 9.25. The summed E-state index contributed by atoms with van der Waals surface area (Å²) in [5.41, 5.74) is 5.09. The molecule has 0 bridgehead atoms. The van der Waals surface area contributed by atoms with Crippen LogP contribution in [0.2, 0.25) is 0 Å². The van der Waals surface area contributed by atoms with Gasteiger partial charge in [-0.1, -0.05) is 34.6 Å². The van der Waals surface area contributed by atoms with Crippen molar-refractivity contribution in [2.45, 2.75) is 27.2 Å². The monoisotopic (exact) mass is 423 g/mol. The Morgan fingerprint density at radius 2 is 1.80 bits per heavy atom. The van der Waals surface area contributed by atoms with Crippen LogP contribution in [0, 0.1) is 20.8 Å². The summed E-state index contributed by atoms with van der Waals surface area (Å²) in [5, 5.41) is 0.779. The Balaban J connectivity index is 1.59. The number of thiazole rings is 1. The third-order valence-corrected chi connectivity index (χ3v) is 6.48. The summed E-state index contributed by atoms with van der Waals surface area (Å²) in [4.78, 5) is 22.6. The van der Waals surface area contributed by atoms with Crippen LogP contribution in [0.1, 0.15) is 33.5 Å². The summed E-state index contributed by atoms with van der Waals surface area (Å²) in [5.74, 6) is 0.0274. The van der Waals surface area contributed by atoms with E-state index in [1.54, 1.807) is 11.3 Å². The molecule has 1 aliphatic rings. The Kier molecular flexibility index (Phi) is 6.46. The van der Waals surface area contributed by atoms with E-state index in [2.05, 4.69) is 30.0 Å². The Bertz CT molecular complexity index is 1020. The predicted molar refractivity (Wildman–Crippen MR) is 124 cm³/mol. The van der Waals surface area contributed by atoms with Gasteiger partial charge in [-0.3, -0.25) is 14.6 Å². The lowest BCUT2D eigenvalue weighted by molar-refractivity contribution is 0.0376. The molecule has 1 amide bonds. The highest BCUT2D eigenvalue weighted by atomic mass is 32.1. The van der Waals surface area contributed by atoms with Crippen LogP contribution in [-0.4, -0.2) is 55.2 Å². The number of fused-ring (bicyclic) bond motifs is 1. The molecule has 158 valence electrons. The Hall–Kier alpha value is -2.28. The number of rotatable bonds is 6. The Morgan fingerprint density at radius 3 is 2.53 bits per heavy atom. The van der Waals surface area contributed by atoms with Crippen molar-refractivity contribution < 1.29 is 9.53 Å². The number of anilines is 1. The molecule has 30 heavy (non-hydrogen) atoms. The van der Waals surface area contributed by atoms with E-state index in [4.69, 9.17) is 9.72 Å². The highest BCUT2D eigenvalue weighted by molar-refractivity contribution is 7.22. The highest BCUT2D eigenvalue weighted by Gasteiger charge is 2.22. The molecule has 0 unspecified atom stereocenters. The lowest BCUT2D eigenvalue weighted by Gasteiger charge is -2.27. The van der Waals surface area contributed by atoms with Gasteiger partial charge in [-0.05, 0) is 57.0 Å². The Morgan fingerprint density at radius 1 is 1.07 bits per heavy atom. The molecular formula is C24H29N3O2S. The van der Waals surface area contributed by atoms with Crippen molar-refractivity contribution in [2.24, 2.45) is 0 Å². The van der Waals surface area contributed by atoms with Crippen molar-refractivity contribution in [3.05, 3.63) is 58.7 Å². The van der Waals surface area contributed by atoms with Crippen LogP contribution in [0.3, 0.4) is 0 Å². The molecule has 0 aliphatic carbocycles. The lowest BCUT2D eigenvalue weighted by atomic mass is 10.1. The predicted octanol–water partition coefficient (Wildman–Crippen LogP) is 4.59. The average molecular weight is 424 g/mol. The molecule has 1 aromatic heterocycles. The minimum Gasteiger partial charge on any atom is -0.379 e. The zero-order valence-corrected chi connectivity index (χ0v) is 18.8. The van der Waals surface area contributed by atoms with Crippen molar-refractivity contribution in [3.8, 4) is 0 Å². The fraction of sp³-hybridized carbons (Fsp3) is 0.417. The van der Waals surface area contributed by atoms with Crippen molar-refractivity contribution in [1.82, 2.24) is 9.88 Å². The van der Waals surface area contributed by atoms with Crippen LogP contribution in [0.15, 0.2) is 36.4 Å². The van der Waals surface area contributed by atoms with E-state index < -0.39 is 0 Å². The van der Waals surface area contributed by atoms with E-state index in [0.717, 1.165) is 71.3 Å². The minimum atomic E-state index is 0.0274. The first kappa shape index (κ1) is 21.0. The molecule has 6 heteroatoms. The van der Waals surface area contributed by atoms with E-state index in [0.29, 0.717) is 6.54 Å². The smallest absolute Gasteiger partial charge is 0.260 e. The molecule has 4 rings (SSSR count). The second-order valence-corrected chi connectivity index (χ2v) is 9.12. The molecule has 0 spiro atoms. The second-order valence-electron chi connectivity index (χ2n) is 8.11. The maximum atomic E-state index is 13.5. The molecule has 0 radical (unpaired) electrons. The van der Waals surface area contributed by atoms with Crippen molar-refractivity contribution in [3.63, 3.8) is 0 Å². The van der Waals surface area contributed by atoms with E-state index in [-0.39, 0.29) is 5.91 Å². The van der Waals surface area contributed by atoms with Crippen molar-refractivity contribution in [1.29, 1.82) is 0 Å². The third-order valence-electron chi connectivity index (χ3n) is 5.44. The molecule has 5 nitrogen and oxygen atoms in total. The first-order valence-corrected chi connectivity index (χ1v) is 11.4. The van der Waals surface area contributed by atoms with Crippen LogP contribution in [0.5, 0.6) is 0 Å². The molecule has 2 heterocycles. The SMILES string of the molecule is Cc1cc(C)cc(C(=O)N(CCCN2CCOCC2)c2nc3ccc(C)cc3s2)c1. The zero-order chi connectivity index (χ0) is 21.1. The normalized spacial score (nSPS) is 14.9. The van der Waals surface area contributed by atoms with Gasteiger partial charge >= 0.3 is 0 Å². The molecule has 0 N–H and O–H groups in total. The van der Waals surface area contributed by atoms with Gasteiger partial charge in [-0.25, -0.2) is 4.98 Å². The van der Waals surface area contributed by atoms with Gasteiger partial charge in [0.05, 0.1) is 23.4 Å². The number of carbonyl (C=O) groups is 1. The zero-order valence-electron chi connectivity index (χ0n) is 18.0. The number of benzene rings is 2. The van der Waals surface area contributed by atoms with Gasteiger partial charge in [0.1, 0.15) is 0 Å². The van der Waals surface area contributed by atoms with Gasteiger partial charge in [0, 0.05) is 31.7 Å². The highest BCUT2D eigenvalue weighted by Crippen LogP contribution is 2.31. The summed E-state index contributed by atoms with van der Waals surface area (Å²) >= 11 is 1.60. The summed E-state index contributed by atoms with van der Waals surface area (Å²) in [6, 6.07) is 12.3. The van der Waals surface area contributed by atoms with Crippen LogP contribution in [0.25, 0.3) is 10.2 Å². The van der Waals surface area contributed by atoms with E-state index in [1.807, 2.05) is 36.9 Å². The maximum Gasteiger partial charge on any atom is 0.260 e. The fourth-order valence-corrected chi connectivity index (χ4v) is 5.04. The molecule has 0 atom stereocenters. The Labute approximate surface area is 182 Å². The summed E-state index contributed by atoms with van der Waals surface area (Å²) in [6.07, 6.45) is 0.908. The number of ether oxygens (including phenoxy) is 1. The number of aryl methyl sites for hydroxylation is 3. The van der Waals surface area contributed by atoms with Gasteiger partial charge in [-0.15, -0.1) is 0 Å². The van der Waals surface area contributed by atoms with Gasteiger partial charge < -0.3 is 4.74 Å². The molecule has 1 saturated heterocycles. The van der Waals surface area contributed by atoms with Gasteiger partial charge in [-0.2, -0.15) is 0 Å². The van der Waals surface area contributed by atoms with Gasteiger partial charge in [0.25, 0.3) is 5.91 Å². The molecule has 2 aromatic carbocycles. The molecule has 3 aromatic rings. The first-order valence-electron chi connectivity index (χ1n) is 10.6. The van der Waals surface area contributed by atoms with Gasteiger partial charge in [0.2, 0.25) is 0 Å². The fourth-order valence-electron chi connectivity index (χ4n) is 3.95. The summed E-state index contributed by atoms with van der Waals surface area (Å²) in [6.45, 7) is 11.3. The molecule has 1 fully saturated rings. The number of hydrogen-bond acceptors (Lipinski definition) is 5. The third kappa shape index (κ3) is 4.89. The minimum absolute atomic E-state index is 0.0274. The number of nitrogens with zero attached hydrogens (tertiary/aromatic N) is 3. The average Bonchev–Trinajstić information content (AvgIpc) is 3.13. The van der Waals surface area contributed by atoms with Gasteiger partial charge in [0.15, 0.2) is 5.13 Å². The number of aromatic nitrogens is 1. The van der Waals surface area contributed by atoms with Crippen LogP contribution >= 0.6 is 11.3 Å². The van der Waals surface area contributed by atoms with Crippen molar-refractivity contribution in [2.75, 3.05) is 44.3 Å². The molecule has 1 aliphatic heterocycles. The van der Waals surface area contributed by atoms with Crippen LogP contribution in [0.4, 0.5) is 5.13 Å². The summed E-state index contributed by atoms with van der Waals surface area (Å²) in [7, 11) is 0. The maximum absolute atomic E-state index is 13.5. The van der Waals surface area contributed by atoms with Crippen LogP contribution < -0.4 is 4.90 Å².